The quantitative estimate of drug-likeness (QED) is 0.723. The maximum absolute atomic E-state index is 6.10. The topological polar surface area (TPSA) is 45.2 Å². The lowest BCUT2D eigenvalue weighted by molar-refractivity contribution is 0.951. The van der Waals surface area contributed by atoms with E-state index in [0.717, 1.165) is 11.4 Å². The molecule has 1 aromatic heterocycles. The van der Waals surface area contributed by atoms with Crippen LogP contribution in [-0.2, 0) is 0 Å². The Morgan fingerprint density at radius 3 is 1.43 bits per heavy atom. The van der Waals surface area contributed by atoms with E-state index in [1.54, 1.807) is 0 Å². The minimum Gasteiger partial charge on any atom is -0.313 e. The van der Waals surface area contributed by atoms with Crippen LogP contribution in [0.15, 0.2) is 60.7 Å². The van der Waals surface area contributed by atoms with Crippen molar-refractivity contribution in [3.05, 3.63) is 65.9 Å². The molecule has 3 aromatic rings. The van der Waals surface area contributed by atoms with Crippen molar-refractivity contribution in [1.29, 1.82) is 0 Å². The van der Waals surface area contributed by atoms with Gasteiger partial charge in [0.25, 0.3) is 0 Å². The smallest absolute Gasteiger partial charge is 0.235 e. The molecule has 0 aliphatic rings. The number of nitrogens with zero attached hydrogens (tertiary/aromatic N) is 5. The van der Waals surface area contributed by atoms with Crippen molar-refractivity contribution < 1.29 is 0 Å². The Kier molecular flexibility index (Phi) is 4.39. The summed E-state index contributed by atoms with van der Waals surface area (Å²) < 4.78 is 0. The molecule has 0 radical (unpaired) electrons. The summed E-state index contributed by atoms with van der Waals surface area (Å²) in [6.45, 7) is 0. The van der Waals surface area contributed by atoms with Crippen LogP contribution in [0, 0.1) is 0 Å². The normalized spacial score (nSPS) is 10.4. The third kappa shape index (κ3) is 3.40. The maximum Gasteiger partial charge on any atom is 0.235 e. The van der Waals surface area contributed by atoms with Gasteiger partial charge in [0.1, 0.15) is 0 Å². The summed E-state index contributed by atoms with van der Waals surface area (Å²) in [5.41, 5.74) is 1.95. The van der Waals surface area contributed by atoms with Gasteiger partial charge in [0.05, 0.1) is 0 Å². The van der Waals surface area contributed by atoms with Crippen molar-refractivity contribution in [1.82, 2.24) is 15.0 Å². The minimum atomic E-state index is 0.163. The van der Waals surface area contributed by atoms with Crippen LogP contribution in [0.3, 0.4) is 0 Å². The van der Waals surface area contributed by atoms with Crippen LogP contribution in [0.2, 0.25) is 5.28 Å². The molecular formula is C17H16ClN5. The van der Waals surface area contributed by atoms with Gasteiger partial charge in [-0.15, -0.1) is 0 Å². The van der Waals surface area contributed by atoms with Crippen molar-refractivity contribution >= 4 is 34.9 Å². The van der Waals surface area contributed by atoms with E-state index in [1.165, 1.54) is 0 Å². The number of benzene rings is 2. The number of halogens is 1. The van der Waals surface area contributed by atoms with Crippen molar-refractivity contribution in [2.75, 3.05) is 23.9 Å². The fourth-order valence-corrected chi connectivity index (χ4v) is 2.31. The van der Waals surface area contributed by atoms with Crippen molar-refractivity contribution in [3.63, 3.8) is 0 Å². The second-order valence-corrected chi connectivity index (χ2v) is 5.33. The van der Waals surface area contributed by atoms with Gasteiger partial charge in [-0.1, -0.05) is 36.4 Å². The molecule has 5 nitrogen and oxygen atoms in total. The van der Waals surface area contributed by atoms with Crippen LogP contribution in [0.1, 0.15) is 0 Å². The van der Waals surface area contributed by atoms with Crippen LogP contribution in [-0.4, -0.2) is 29.0 Å². The van der Waals surface area contributed by atoms with Gasteiger partial charge in [0, 0.05) is 25.5 Å². The molecule has 0 atom stereocenters. The van der Waals surface area contributed by atoms with E-state index in [4.69, 9.17) is 11.6 Å². The Labute approximate surface area is 140 Å². The van der Waals surface area contributed by atoms with Crippen molar-refractivity contribution in [2.45, 2.75) is 0 Å². The molecule has 6 heteroatoms. The number of hydrogen-bond acceptors (Lipinski definition) is 5. The molecule has 23 heavy (non-hydrogen) atoms. The van der Waals surface area contributed by atoms with Gasteiger partial charge in [-0.25, -0.2) is 0 Å². The molecular weight excluding hydrogens is 310 g/mol. The first-order valence-corrected chi connectivity index (χ1v) is 7.52. The lowest BCUT2D eigenvalue weighted by Gasteiger charge is -2.21. The van der Waals surface area contributed by atoms with Crippen LogP contribution in [0.5, 0.6) is 0 Å². The summed E-state index contributed by atoms with van der Waals surface area (Å²) in [7, 11) is 3.79. The standard InChI is InChI=1S/C17H16ClN5/c1-22(13-9-5-3-6-10-13)16-19-15(18)20-17(21-16)23(2)14-11-7-4-8-12-14/h3-12H,1-2H3. The summed E-state index contributed by atoms with van der Waals surface area (Å²) in [6, 6.07) is 19.7. The van der Waals surface area contributed by atoms with Gasteiger partial charge < -0.3 is 9.80 Å². The lowest BCUT2D eigenvalue weighted by Crippen LogP contribution is -2.18. The highest BCUT2D eigenvalue weighted by molar-refractivity contribution is 6.28. The molecule has 3 rings (SSSR count). The lowest BCUT2D eigenvalue weighted by atomic mass is 10.3. The van der Waals surface area contributed by atoms with Gasteiger partial charge in [-0.3, -0.25) is 0 Å². The van der Waals surface area contributed by atoms with Crippen LogP contribution in [0.25, 0.3) is 0 Å². The Bertz CT molecular complexity index is 716. The highest BCUT2D eigenvalue weighted by Gasteiger charge is 2.14. The highest BCUT2D eigenvalue weighted by Crippen LogP contribution is 2.25. The zero-order valence-electron chi connectivity index (χ0n) is 12.9. The van der Waals surface area contributed by atoms with Gasteiger partial charge in [0.15, 0.2) is 0 Å². The molecule has 0 aliphatic carbocycles. The number of aromatic nitrogens is 3. The minimum absolute atomic E-state index is 0.163. The molecule has 0 saturated carbocycles. The van der Waals surface area contributed by atoms with E-state index < -0.39 is 0 Å². The fourth-order valence-electron chi connectivity index (χ4n) is 2.16. The third-order valence-corrected chi connectivity index (χ3v) is 3.64. The Morgan fingerprint density at radius 1 is 0.652 bits per heavy atom. The largest absolute Gasteiger partial charge is 0.313 e. The summed E-state index contributed by atoms with van der Waals surface area (Å²) in [5.74, 6) is 0.989. The summed E-state index contributed by atoms with van der Waals surface area (Å²) in [5, 5.41) is 0.163. The Hall–Kier alpha value is -2.66. The third-order valence-electron chi connectivity index (χ3n) is 3.47. The molecule has 0 bridgehead atoms. The van der Waals surface area contributed by atoms with Gasteiger partial charge in [0.2, 0.25) is 17.2 Å². The van der Waals surface area contributed by atoms with Gasteiger partial charge >= 0.3 is 0 Å². The van der Waals surface area contributed by atoms with E-state index >= 15 is 0 Å². The second-order valence-electron chi connectivity index (χ2n) is 4.99. The predicted molar refractivity (Wildman–Crippen MR) is 93.8 cm³/mol. The van der Waals surface area contributed by atoms with E-state index in [-0.39, 0.29) is 5.28 Å². The number of anilines is 4. The molecule has 116 valence electrons. The SMILES string of the molecule is CN(c1ccccc1)c1nc(Cl)nc(N(C)c2ccccc2)n1. The number of rotatable bonds is 4. The summed E-state index contributed by atoms with van der Waals surface area (Å²) in [6.07, 6.45) is 0. The first-order chi connectivity index (χ1) is 11.1. The first-order valence-electron chi connectivity index (χ1n) is 7.14. The van der Waals surface area contributed by atoms with Gasteiger partial charge in [-0.2, -0.15) is 15.0 Å². The van der Waals surface area contributed by atoms with E-state index in [1.807, 2.05) is 84.6 Å². The Balaban J connectivity index is 1.96. The molecule has 0 unspecified atom stereocenters. The molecule has 0 N–H and O–H groups in total. The predicted octanol–water partition coefficient (Wildman–Crippen LogP) is 4.06. The molecule has 2 aromatic carbocycles. The van der Waals surface area contributed by atoms with E-state index in [9.17, 15) is 0 Å². The average Bonchev–Trinajstić information content (AvgIpc) is 2.61. The highest BCUT2D eigenvalue weighted by atomic mass is 35.5. The zero-order chi connectivity index (χ0) is 16.2. The van der Waals surface area contributed by atoms with E-state index in [2.05, 4.69) is 15.0 Å². The van der Waals surface area contributed by atoms with Crippen molar-refractivity contribution in [3.8, 4) is 0 Å². The van der Waals surface area contributed by atoms with Gasteiger partial charge in [-0.05, 0) is 35.9 Å². The van der Waals surface area contributed by atoms with Crippen LogP contribution >= 0.6 is 11.6 Å². The molecule has 0 fully saturated rings. The molecule has 0 spiro atoms. The van der Waals surface area contributed by atoms with Crippen LogP contribution < -0.4 is 9.80 Å². The second kappa shape index (κ2) is 6.62. The average molecular weight is 326 g/mol. The summed E-state index contributed by atoms with van der Waals surface area (Å²) in [4.78, 5) is 16.7. The zero-order valence-corrected chi connectivity index (χ0v) is 13.6. The van der Waals surface area contributed by atoms with Crippen LogP contribution in [0.4, 0.5) is 23.3 Å². The number of para-hydroxylation sites is 2. The summed E-state index contributed by atoms with van der Waals surface area (Å²) >= 11 is 6.10. The number of hydrogen-bond donors (Lipinski definition) is 0. The monoisotopic (exact) mass is 325 g/mol. The molecule has 0 aliphatic heterocycles. The molecule has 0 saturated heterocycles. The molecule has 1 heterocycles. The Morgan fingerprint density at radius 2 is 1.04 bits per heavy atom. The molecule has 0 amide bonds. The first kappa shape index (κ1) is 15.2. The fraction of sp³-hybridized carbons (Fsp3) is 0.118. The van der Waals surface area contributed by atoms with Crippen molar-refractivity contribution in [2.24, 2.45) is 0 Å². The maximum atomic E-state index is 6.10. The van der Waals surface area contributed by atoms with E-state index in [0.29, 0.717) is 11.9 Å².